The monoisotopic (exact) mass is 339 g/mol. The van der Waals surface area contributed by atoms with Gasteiger partial charge in [0.05, 0.1) is 25.0 Å². The zero-order valence-corrected chi connectivity index (χ0v) is 13.6. The van der Waals surface area contributed by atoms with Crippen LogP contribution in [0.3, 0.4) is 0 Å². The number of esters is 1. The summed E-state index contributed by atoms with van der Waals surface area (Å²) in [7, 11) is -3.71. The first-order chi connectivity index (χ1) is 10.0. The molecule has 1 rings (SSSR count). The van der Waals surface area contributed by atoms with Crippen molar-refractivity contribution in [1.29, 1.82) is 0 Å². The molecule has 0 bridgehead atoms. The first kappa shape index (κ1) is 18.8. The van der Waals surface area contributed by atoms with Crippen LogP contribution in [0.2, 0.25) is 0 Å². The van der Waals surface area contributed by atoms with Crippen LogP contribution >= 0.6 is 0 Å². The highest BCUT2D eigenvalue weighted by atomic mass is 32.2. The summed E-state index contributed by atoms with van der Waals surface area (Å²) in [6.45, 7) is 3.63. The van der Waals surface area contributed by atoms with Crippen LogP contribution in [-0.2, 0) is 33.4 Å². The quantitative estimate of drug-likeness (QED) is 0.460. The molecule has 0 aromatic rings. The first-order valence-electron chi connectivity index (χ1n) is 6.63. The van der Waals surface area contributed by atoms with Crippen molar-refractivity contribution in [3.05, 3.63) is 0 Å². The van der Waals surface area contributed by atoms with E-state index in [4.69, 9.17) is 9.47 Å². The minimum atomic E-state index is -3.71. The smallest absolute Gasteiger partial charge is 0.303 e. The lowest BCUT2D eigenvalue weighted by Crippen LogP contribution is -2.64. The number of carbonyl (C=O) groups is 2. The van der Waals surface area contributed by atoms with Crippen LogP contribution in [-0.4, -0.2) is 68.7 Å². The van der Waals surface area contributed by atoms with Crippen molar-refractivity contribution in [2.24, 2.45) is 0 Å². The van der Waals surface area contributed by atoms with E-state index in [0.717, 1.165) is 6.26 Å². The van der Waals surface area contributed by atoms with E-state index in [1.165, 1.54) is 13.8 Å². The molecule has 9 nitrogen and oxygen atoms in total. The molecule has 0 radical (unpaired) electrons. The lowest BCUT2D eigenvalue weighted by atomic mass is 9.93. The molecule has 0 saturated carbocycles. The Balaban J connectivity index is 2.91. The predicted octanol–water partition coefficient (Wildman–Crippen LogP) is -1.45. The van der Waals surface area contributed by atoms with Crippen molar-refractivity contribution >= 4 is 22.0 Å². The average molecular weight is 339 g/mol. The van der Waals surface area contributed by atoms with E-state index in [9.17, 15) is 23.1 Å². The molecule has 1 fully saturated rings. The summed E-state index contributed by atoms with van der Waals surface area (Å²) < 4.78 is 37.2. The van der Waals surface area contributed by atoms with Gasteiger partial charge in [-0.15, -0.1) is 0 Å². The zero-order valence-electron chi connectivity index (χ0n) is 12.8. The molecule has 22 heavy (non-hydrogen) atoms. The standard InChI is InChI=1S/C12H21NO8S/c1-6-10(13-7(2)14)12(21-8(3)15)11(16)9(20-6)5-19-22(4,17)18/h6,9-12,16H,5H2,1-4H3,(H,13,14). The number of aliphatic hydroxyl groups excluding tert-OH is 1. The van der Waals surface area contributed by atoms with E-state index >= 15 is 0 Å². The molecule has 128 valence electrons. The maximum Gasteiger partial charge on any atom is 0.303 e. The highest BCUT2D eigenvalue weighted by Crippen LogP contribution is 2.24. The summed E-state index contributed by atoms with van der Waals surface area (Å²) in [6, 6.07) is -0.758. The Bertz CT molecular complexity index is 519. The summed E-state index contributed by atoms with van der Waals surface area (Å²) in [5, 5.41) is 12.8. The zero-order chi connectivity index (χ0) is 17.1. The van der Waals surface area contributed by atoms with Crippen LogP contribution in [0.4, 0.5) is 0 Å². The van der Waals surface area contributed by atoms with Gasteiger partial charge in [-0.1, -0.05) is 0 Å². The Morgan fingerprint density at radius 3 is 2.36 bits per heavy atom. The van der Waals surface area contributed by atoms with Gasteiger partial charge in [0.2, 0.25) is 5.91 Å². The molecule has 5 atom stereocenters. The van der Waals surface area contributed by atoms with Gasteiger partial charge in [0, 0.05) is 13.8 Å². The molecule has 0 aromatic carbocycles. The van der Waals surface area contributed by atoms with Gasteiger partial charge in [-0.05, 0) is 6.92 Å². The molecule has 1 heterocycles. The number of hydrogen-bond donors (Lipinski definition) is 2. The van der Waals surface area contributed by atoms with Crippen LogP contribution in [0.1, 0.15) is 20.8 Å². The number of rotatable bonds is 5. The summed E-state index contributed by atoms with van der Waals surface area (Å²) in [5.41, 5.74) is 0. The molecule has 0 aromatic heterocycles. The van der Waals surface area contributed by atoms with Crippen LogP contribution in [0.25, 0.3) is 0 Å². The summed E-state index contributed by atoms with van der Waals surface area (Å²) >= 11 is 0. The Morgan fingerprint density at radius 2 is 1.91 bits per heavy atom. The number of ether oxygens (including phenoxy) is 2. The third-order valence-electron chi connectivity index (χ3n) is 3.08. The second-order valence-corrected chi connectivity index (χ2v) is 6.80. The third kappa shape index (κ3) is 5.52. The first-order valence-corrected chi connectivity index (χ1v) is 8.45. The lowest BCUT2D eigenvalue weighted by Gasteiger charge is -2.43. The predicted molar refractivity (Wildman–Crippen MR) is 74.3 cm³/mol. The molecule has 2 N–H and O–H groups in total. The van der Waals surface area contributed by atoms with Crippen LogP contribution in [0.15, 0.2) is 0 Å². The summed E-state index contributed by atoms with van der Waals surface area (Å²) in [6.07, 6.45) is -3.18. The molecule has 1 aliphatic heterocycles. The second kappa shape index (κ2) is 7.36. The number of amides is 1. The highest BCUT2D eigenvalue weighted by Gasteiger charge is 2.46. The fourth-order valence-corrected chi connectivity index (χ4v) is 2.61. The normalized spacial score (nSPS) is 32.3. The lowest BCUT2D eigenvalue weighted by molar-refractivity contribution is -0.204. The molecule has 10 heteroatoms. The van der Waals surface area contributed by atoms with Crippen LogP contribution < -0.4 is 5.32 Å². The Hall–Kier alpha value is -1.23. The highest BCUT2D eigenvalue weighted by molar-refractivity contribution is 7.85. The molecular formula is C12H21NO8S. The number of nitrogens with one attached hydrogen (secondary N) is 1. The van der Waals surface area contributed by atoms with Gasteiger partial charge >= 0.3 is 5.97 Å². The van der Waals surface area contributed by atoms with Crippen molar-refractivity contribution in [3.8, 4) is 0 Å². The van der Waals surface area contributed by atoms with Gasteiger partial charge in [-0.2, -0.15) is 8.42 Å². The Morgan fingerprint density at radius 1 is 1.32 bits per heavy atom. The van der Waals surface area contributed by atoms with Gasteiger partial charge < -0.3 is 19.9 Å². The maximum atomic E-state index is 11.2. The van der Waals surface area contributed by atoms with Crippen LogP contribution in [0.5, 0.6) is 0 Å². The minimum absolute atomic E-state index is 0.379. The maximum absolute atomic E-state index is 11.2. The summed E-state index contributed by atoms with van der Waals surface area (Å²) in [5.74, 6) is -1.02. The van der Waals surface area contributed by atoms with Gasteiger partial charge in [0.25, 0.3) is 10.1 Å². The molecule has 5 unspecified atom stereocenters. The molecule has 1 aliphatic rings. The topological polar surface area (TPSA) is 128 Å². The number of aliphatic hydroxyl groups is 1. The fraction of sp³-hybridized carbons (Fsp3) is 0.833. The van der Waals surface area contributed by atoms with Crippen molar-refractivity contribution in [2.45, 2.75) is 51.2 Å². The summed E-state index contributed by atoms with van der Waals surface area (Å²) in [4.78, 5) is 22.4. The Kier molecular flexibility index (Phi) is 6.29. The number of hydrogen-bond acceptors (Lipinski definition) is 8. The largest absolute Gasteiger partial charge is 0.457 e. The molecule has 0 aliphatic carbocycles. The van der Waals surface area contributed by atoms with E-state index < -0.39 is 53.2 Å². The second-order valence-electron chi connectivity index (χ2n) is 5.16. The van der Waals surface area contributed by atoms with Crippen LogP contribution in [0, 0.1) is 0 Å². The van der Waals surface area contributed by atoms with E-state index in [1.807, 2.05) is 0 Å². The van der Waals surface area contributed by atoms with Gasteiger partial charge in [0.1, 0.15) is 12.2 Å². The van der Waals surface area contributed by atoms with E-state index in [1.54, 1.807) is 6.92 Å². The van der Waals surface area contributed by atoms with Crippen molar-refractivity contribution in [2.75, 3.05) is 12.9 Å². The minimum Gasteiger partial charge on any atom is -0.457 e. The third-order valence-corrected chi connectivity index (χ3v) is 3.65. The van der Waals surface area contributed by atoms with Gasteiger partial charge in [0.15, 0.2) is 6.10 Å². The van der Waals surface area contributed by atoms with Crippen molar-refractivity contribution in [3.63, 3.8) is 0 Å². The molecule has 0 spiro atoms. The molecule has 1 amide bonds. The molecule has 1 saturated heterocycles. The van der Waals surface area contributed by atoms with Crippen molar-refractivity contribution in [1.82, 2.24) is 5.32 Å². The fourth-order valence-electron chi connectivity index (χ4n) is 2.23. The SMILES string of the molecule is CC(=O)NC1C(C)OC(COS(C)(=O)=O)C(O)C1OC(C)=O. The van der Waals surface area contributed by atoms with E-state index in [0.29, 0.717) is 0 Å². The Labute approximate surface area is 129 Å². The van der Waals surface area contributed by atoms with Gasteiger partial charge in [-0.25, -0.2) is 0 Å². The molecular weight excluding hydrogens is 318 g/mol. The van der Waals surface area contributed by atoms with E-state index in [-0.39, 0.29) is 5.91 Å². The van der Waals surface area contributed by atoms with Crippen molar-refractivity contribution < 1.29 is 36.8 Å². The van der Waals surface area contributed by atoms with Gasteiger partial charge in [-0.3, -0.25) is 13.8 Å². The average Bonchev–Trinajstić information content (AvgIpc) is 2.34. The number of carbonyl (C=O) groups excluding carboxylic acids is 2. The van der Waals surface area contributed by atoms with E-state index in [2.05, 4.69) is 9.50 Å².